The molecule has 0 fully saturated rings. The maximum Gasteiger partial charge on any atom is 0.322 e. The average molecular weight is 320 g/mol. The number of carbonyl (C=O) groups excluding carboxylic acids is 1. The molecule has 0 aliphatic rings. The molecular weight excluding hydrogens is 300 g/mol. The molecule has 22 heavy (non-hydrogen) atoms. The zero-order valence-corrected chi connectivity index (χ0v) is 13.7. The van der Waals surface area contributed by atoms with Gasteiger partial charge in [0.2, 0.25) is 0 Å². The monoisotopic (exact) mass is 320 g/mol. The molecule has 0 spiro atoms. The summed E-state index contributed by atoms with van der Waals surface area (Å²) in [5, 5.41) is 13.3. The number of benzene rings is 1. The Balaban J connectivity index is 2.09. The molecule has 118 valence electrons. The van der Waals surface area contributed by atoms with Crippen LogP contribution < -0.4 is 10.1 Å². The van der Waals surface area contributed by atoms with E-state index in [1.54, 1.807) is 14.2 Å². The number of nitrogens with zero attached hydrogens (tertiary/aromatic N) is 1. The summed E-state index contributed by atoms with van der Waals surface area (Å²) in [5.41, 5.74) is 0.850. The lowest BCUT2D eigenvalue weighted by molar-refractivity contribution is 0.159. The molecule has 2 aromatic rings. The molecule has 0 saturated heterocycles. The number of urea groups is 1. The van der Waals surface area contributed by atoms with Crippen molar-refractivity contribution in [3.63, 3.8) is 0 Å². The van der Waals surface area contributed by atoms with E-state index >= 15 is 0 Å². The summed E-state index contributed by atoms with van der Waals surface area (Å²) in [6.45, 7) is 1.83. The first kappa shape index (κ1) is 16.3. The van der Waals surface area contributed by atoms with Crippen LogP contribution in [0, 0.1) is 6.92 Å². The predicted molar refractivity (Wildman–Crippen MR) is 88.7 cm³/mol. The summed E-state index contributed by atoms with van der Waals surface area (Å²) in [6.07, 6.45) is 0. The number of amides is 2. The molecule has 0 aliphatic carbocycles. The fourth-order valence-electron chi connectivity index (χ4n) is 2.11. The normalized spacial score (nSPS) is 11.8. The second-order valence-corrected chi connectivity index (χ2v) is 6.21. The van der Waals surface area contributed by atoms with E-state index in [9.17, 15) is 9.90 Å². The van der Waals surface area contributed by atoms with E-state index in [1.165, 1.54) is 16.2 Å². The van der Waals surface area contributed by atoms with Crippen molar-refractivity contribution in [1.82, 2.24) is 4.90 Å². The predicted octanol–water partition coefficient (Wildman–Crippen LogP) is 3.26. The van der Waals surface area contributed by atoms with Gasteiger partial charge in [-0.1, -0.05) is 12.1 Å². The van der Waals surface area contributed by atoms with Crippen LogP contribution in [-0.4, -0.2) is 36.8 Å². The second kappa shape index (κ2) is 7.29. The fraction of sp³-hybridized carbons (Fsp3) is 0.312. The van der Waals surface area contributed by atoms with Gasteiger partial charge in [-0.15, -0.1) is 11.3 Å². The van der Waals surface area contributed by atoms with Crippen LogP contribution in [0.5, 0.6) is 5.75 Å². The lowest BCUT2D eigenvalue weighted by Crippen LogP contribution is -2.36. The van der Waals surface area contributed by atoms with Gasteiger partial charge in [-0.25, -0.2) is 4.79 Å². The number of likely N-dealkylation sites (N-methyl/N-ethyl adjacent to an activating group) is 1. The molecule has 0 bridgehead atoms. The molecule has 0 saturated carbocycles. The number of ether oxygens (including phenoxy) is 1. The Morgan fingerprint density at radius 3 is 2.50 bits per heavy atom. The largest absolute Gasteiger partial charge is 0.497 e. The Labute approximate surface area is 134 Å². The van der Waals surface area contributed by atoms with Gasteiger partial charge in [-0.05, 0) is 36.8 Å². The van der Waals surface area contributed by atoms with Crippen molar-refractivity contribution in [2.24, 2.45) is 0 Å². The topological polar surface area (TPSA) is 61.8 Å². The molecule has 1 aromatic carbocycles. The minimum absolute atomic E-state index is 0.153. The van der Waals surface area contributed by atoms with E-state index in [1.807, 2.05) is 43.3 Å². The zero-order chi connectivity index (χ0) is 16.1. The molecule has 0 radical (unpaired) electrons. The van der Waals surface area contributed by atoms with Crippen LogP contribution in [0.2, 0.25) is 0 Å². The highest BCUT2D eigenvalue weighted by Gasteiger charge is 2.21. The van der Waals surface area contributed by atoms with Crippen LogP contribution in [0.1, 0.15) is 16.5 Å². The number of rotatable bonds is 5. The second-order valence-electron chi connectivity index (χ2n) is 4.92. The van der Waals surface area contributed by atoms with Crippen molar-refractivity contribution < 1.29 is 14.6 Å². The summed E-state index contributed by atoms with van der Waals surface area (Å²) >= 11 is 1.52. The summed E-state index contributed by atoms with van der Waals surface area (Å²) in [5.74, 6) is 0.738. The summed E-state index contributed by atoms with van der Waals surface area (Å²) in [6, 6.07) is 10.5. The summed E-state index contributed by atoms with van der Waals surface area (Å²) in [7, 11) is 3.27. The van der Waals surface area contributed by atoms with Gasteiger partial charge in [0.1, 0.15) is 5.75 Å². The maximum absolute atomic E-state index is 12.3. The third-order valence-electron chi connectivity index (χ3n) is 3.43. The lowest BCUT2D eigenvalue weighted by atomic mass is 10.1. The van der Waals surface area contributed by atoms with E-state index in [0.717, 1.165) is 21.2 Å². The number of nitrogens with one attached hydrogen (secondary N) is 1. The van der Waals surface area contributed by atoms with Crippen molar-refractivity contribution in [3.8, 4) is 5.75 Å². The van der Waals surface area contributed by atoms with Gasteiger partial charge < -0.3 is 14.7 Å². The number of methoxy groups -OCH3 is 1. The first-order chi connectivity index (χ1) is 10.5. The van der Waals surface area contributed by atoms with Crippen molar-refractivity contribution >= 4 is 22.4 Å². The highest BCUT2D eigenvalue weighted by Crippen LogP contribution is 2.24. The number of aryl methyl sites for hydroxylation is 1. The lowest BCUT2D eigenvalue weighted by Gasteiger charge is -2.27. The van der Waals surface area contributed by atoms with E-state index in [4.69, 9.17) is 4.74 Å². The molecule has 0 aliphatic heterocycles. The van der Waals surface area contributed by atoms with Gasteiger partial charge in [0, 0.05) is 11.9 Å². The van der Waals surface area contributed by atoms with Crippen LogP contribution in [0.3, 0.4) is 0 Å². The Morgan fingerprint density at radius 2 is 2.00 bits per heavy atom. The molecule has 1 aromatic heterocycles. The third kappa shape index (κ3) is 3.78. The van der Waals surface area contributed by atoms with Crippen molar-refractivity contribution in [2.45, 2.75) is 13.0 Å². The Kier molecular flexibility index (Phi) is 5.41. The fourth-order valence-corrected chi connectivity index (χ4v) is 2.87. The number of thiophene rings is 1. The number of aliphatic hydroxyl groups is 1. The average Bonchev–Trinajstić information content (AvgIpc) is 2.93. The highest BCUT2D eigenvalue weighted by molar-refractivity contribution is 7.16. The minimum atomic E-state index is -0.410. The number of hydrogen-bond acceptors (Lipinski definition) is 4. The molecular formula is C16H20N2O3S. The van der Waals surface area contributed by atoms with Crippen LogP contribution in [0.15, 0.2) is 36.4 Å². The molecule has 2 rings (SSSR count). The number of carbonyl (C=O) groups is 1. The zero-order valence-electron chi connectivity index (χ0n) is 12.9. The Morgan fingerprint density at radius 1 is 1.32 bits per heavy atom. The SMILES string of the molecule is COc1ccc(C(CO)N(C)C(=O)Nc2ccc(C)s2)cc1. The molecule has 6 heteroatoms. The number of aliphatic hydroxyl groups excluding tert-OH is 1. The van der Waals surface area contributed by atoms with Crippen LogP contribution in [0.25, 0.3) is 0 Å². The van der Waals surface area contributed by atoms with Gasteiger partial charge in [-0.3, -0.25) is 5.32 Å². The van der Waals surface area contributed by atoms with Crippen LogP contribution in [0.4, 0.5) is 9.80 Å². The maximum atomic E-state index is 12.3. The van der Waals surface area contributed by atoms with Crippen molar-refractivity contribution in [2.75, 3.05) is 26.1 Å². The number of hydrogen-bond donors (Lipinski definition) is 2. The Hall–Kier alpha value is -2.05. The van der Waals surface area contributed by atoms with Crippen molar-refractivity contribution in [1.29, 1.82) is 0 Å². The summed E-state index contributed by atoms with van der Waals surface area (Å²) in [4.78, 5) is 14.9. The summed E-state index contributed by atoms with van der Waals surface area (Å²) < 4.78 is 5.12. The minimum Gasteiger partial charge on any atom is -0.497 e. The van der Waals surface area contributed by atoms with Gasteiger partial charge in [0.15, 0.2) is 0 Å². The van der Waals surface area contributed by atoms with Gasteiger partial charge in [-0.2, -0.15) is 0 Å². The molecule has 2 amide bonds. The first-order valence-corrected chi connectivity index (χ1v) is 7.72. The molecule has 2 N–H and O–H groups in total. The van der Waals surface area contributed by atoms with Gasteiger partial charge >= 0.3 is 6.03 Å². The molecule has 1 heterocycles. The van der Waals surface area contributed by atoms with E-state index in [-0.39, 0.29) is 12.6 Å². The third-order valence-corrected chi connectivity index (χ3v) is 4.35. The van der Waals surface area contributed by atoms with E-state index in [0.29, 0.717) is 0 Å². The molecule has 1 unspecified atom stereocenters. The molecule has 1 atom stereocenters. The standard InChI is InChI=1S/C16H20N2O3S/c1-11-4-9-15(22-11)17-16(20)18(2)14(10-19)12-5-7-13(21-3)8-6-12/h4-9,14,19H,10H2,1-3H3,(H,17,20). The quantitative estimate of drug-likeness (QED) is 0.889. The van der Waals surface area contributed by atoms with Crippen LogP contribution >= 0.6 is 11.3 Å². The van der Waals surface area contributed by atoms with Crippen LogP contribution in [-0.2, 0) is 0 Å². The van der Waals surface area contributed by atoms with Crippen molar-refractivity contribution in [3.05, 3.63) is 46.8 Å². The number of anilines is 1. The van der Waals surface area contributed by atoms with Gasteiger partial charge in [0.05, 0.1) is 24.8 Å². The van der Waals surface area contributed by atoms with Gasteiger partial charge in [0.25, 0.3) is 0 Å². The highest BCUT2D eigenvalue weighted by atomic mass is 32.1. The Bertz CT molecular complexity index is 625. The smallest absolute Gasteiger partial charge is 0.322 e. The van der Waals surface area contributed by atoms with E-state index in [2.05, 4.69) is 5.32 Å². The first-order valence-electron chi connectivity index (χ1n) is 6.90. The molecule has 5 nitrogen and oxygen atoms in total. The van der Waals surface area contributed by atoms with E-state index < -0.39 is 6.04 Å².